The molecule has 0 aromatic heterocycles. The highest BCUT2D eigenvalue weighted by molar-refractivity contribution is 5.42. The van der Waals surface area contributed by atoms with E-state index in [9.17, 15) is 5.11 Å². The van der Waals surface area contributed by atoms with E-state index >= 15 is 0 Å². The number of ether oxygens (including phenoxy) is 2. The number of hydrogen-bond acceptors (Lipinski definition) is 4. The van der Waals surface area contributed by atoms with Crippen LogP contribution in [0.1, 0.15) is 38.2 Å². The lowest BCUT2D eigenvalue weighted by atomic mass is 10.0. The van der Waals surface area contributed by atoms with E-state index in [1.54, 1.807) is 18.2 Å². The highest BCUT2D eigenvalue weighted by Gasteiger charge is 2.32. The first kappa shape index (κ1) is 14.2. The summed E-state index contributed by atoms with van der Waals surface area (Å²) in [5, 5.41) is 19.4. The Balaban J connectivity index is 2.05. The minimum atomic E-state index is -0.695. The highest BCUT2D eigenvalue weighted by Crippen LogP contribution is 2.33. The first-order chi connectivity index (χ1) is 9.17. The van der Waals surface area contributed by atoms with Gasteiger partial charge in [0.1, 0.15) is 6.61 Å². The van der Waals surface area contributed by atoms with Gasteiger partial charge in [0.05, 0.1) is 18.8 Å². The first-order valence-corrected chi connectivity index (χ1v) is 6.88. The van der Waals surface area contributed by atoms with E-state index in [2.05, 4.69) is 0 Å². The number of aliphatic hydroxyl groups is 2. The number of hydrogen-bond donors (Lipinski definition) is 2. The van der Waals surface area contributed by atoms with Crippen LogP contribution in [0, 0.1) is 0 Å². The summed E-state index contributed by atoms with van der Waals surface area (Å²) in [6.07, 6.45) is 3.71. The molecule has 4 nitrogen and oxygen atoms in total. The summed E-state index contributed by atoms with van der Waals surface area (Å²) in [7, 11) is 0. The zero-order valence-corrected chi connectivity index (χ0v) is 11.4. The average molecular weight is 266 g/mol. The standard InChI is InChI=1S/C15H22O4/c1-2-18-14-9-12(10-16)5-6-13(14)19-11-15(17)7-3-4-8-15/h5-6,9,16-17H,2-4,7-8,10-11H2,1H3. The van der Waals surface area contributed by atoms with Crippen molar-refractivity contribution in [1.29, 1.82) is 0 Å². The lowest BCUT2D eigenvalue weighted by Gasteiger charge is -2.23. The second kappa shape index (κ2) is 6.26. The second-order valence-electron chi connectivity index (χ2n) is 5.09. The van der Waals surface area contributed by atoms with E-state index in [-0.39, 0.29) is 6.61 Å². The molecule has 1 aromatic rings. The van der Waals surface area contributed by atoms with Gasteiger partial charge < -0.3 is 19.7 Å². The fourth-order valence-electron chi connectivity index (χ4n) is 2.43. The predicted octanol–water partition coefficient (Wildman–Crippen LogP) is 2.26. The molecule has 2 N–H and O–H groups in total. The molecule has 0 atom stereocenters. The zero-order valence-electron chi connectivity index (χ0n) is 11.4. The van der Waals surface area contributed by atoms with Crippen molar-refractivity contribution in [2.24, 2.45) is 0 Å². The van der Waals surface area contributed by atoms with Gasteiger partial charge in [0, 0.05) is 0 Å². The van der Waals surface area contributed by atoms with Crippen LogP contribution in [0.4, 0.5) is 0 Å². The fraction of sp³-hybridized carbons (Fsp3) is 0.600. The minimum absolute atomic E-state index is 0.0235. The molecule has 19 heavy (non-hydrogen) atoms. The summed E-state index contributed by atoms with van der Waals surface area (Å²) in [4.78, 5) is 0. The maximum Gasteiger partial charge on any atom is 0.161 e. The molecular formula is C15H22O4. The molecular weight excluding hydrogens is 244 g/mol. The van der Waals surface area contributed by atoms with Gasteiger partial charge in [-0.25, -0.2) is 0 Å². The molecule has 0 heterocycles. The maximum absolute atomic E-state index is 10.3. The van der Waals surface area contributed by atoms with Crippen LogP contribution in [0.3, 0.4) is 0 Å². The van der Waals surface area contributed by atoms with Crippen molar-refractivity contribution in [3.63, 3.8) is 0 Å². The van der Waals surface area contributed by atoms with E-state index in [0.717, 1.165) is 31.2 Å². The van der Waals surface area contributed by atoms with Gasteiger partial charge in [-0.1, -0.05) is 18.9 Å². The van der Waals surface area contributed by atoms with Crippen molar-refractivity contribution in [3.8, 4) is 11.5 Å². The van der Waals surface area contributed by atoms with Gasteiger partial charge in [0.25, 0.3) is 0 Å². The van der Waals surface area contributed by atoms with Crippen LogP contribution in [-0.4, -0.2) is 29.0 Å². The third-order valence-electron chi connectivity index (χ3n) is 3.52. The zero-order chi connectivity index (χ0) is 13.7. The van der Waals surface area contributed by atoms with Crippen LogP contribution in [0.25, 0.3) is 0 Å². The topological polar surface area (TPSA) is 58.9 Å². The summed E-state index contributed by atoms with van der Waals surface area (Å²) in [5.41, 5.74) is 0.0921. The lowest BCUT2D eigenvalue weighted by molar-refractivity contribution is 0.000593. The number of benzene rings is 1. The van der Waals surface area contributed by atoms with E-state index in [1.807, 2.05) is 6.92 Å². The molecule has 0 bridgehead atoms. The molecule has 4 heteroatoms. The van der Waals surface area contributed by atoms with Crippen LogP contribution >= 0.6 is 0 Å². The Morgan fingerprint density at radius 3 is 2.53 bits per heavy atom. The van der Waals surface area contributed by atoms with Gasteiger partial charge in [-0.05, 0) is 37.5 Å². The molecule has 0 amide bonds. The largest absolute Gasteiger partial charge is 0.490 e. The molecule has 0 aliphatic heterocycles. The summed E-state index contributed by atoms with van der Waals surface area (Å²) >= 11 is 0. The molecule has 0 unspecified atom stereocenters. The van der Waals surface area contributed by atoms with Crippen LogP contribution in [0.2, 0.25) is 0 Å². The van der Waals surface area contributed by atoms with Crippen LogP contribution in [0.15, 0.2) is 18.2 Å². The maximum atomic E-state index is 10.3. The SMILES string of the molecule is CCOc1cc(CO)ccc1OCC1(O)CCCC1. The Bertz CT molecular complexity index is 411. The Morgan fingerprint density at radius 2 is 1.89 bits per heavy atom. The molecule has 2 rings (SSSR count). The van der Waals surface area contributed by atoms with Crippen LogP contribution < -0.4 is 9.47 Å². The molecule has 0 radical (unpaired) electrons. The van der Waals surface area contributed by atoms with Crippen molar-refractivity contribution in [2.75, 3.05) is 13.2 Å². The summed E-state index contributed by atoms with van der Waals surface area (Å²) in [6.45, 7) is 2.71. The fourth-order valence-corrected chi connectivity index (χ4v) is 2.43. The summed E-state index contributed by atoms with van der Waals surface area (Å²) < 4.78 is 11.2. The van der Waals surface area contributed by atoms with Crippen LogP contribution in [-0.2, 0) is 6.61 Å². The quantitative estimate of drug-likeness (QED) is 0.829. The monoisotopic (exact) mass is 266 g/mol. The van der Waals surface area contributed by atoms with Crippen molar-refractivity contribution in [1.82, 2.24) is 0 Å². The van der Waals surface area contributed by atoms with Gasteiger partial charge in [-0.15, -0.1) is 0 Å². The Morgan fingerprint density at radius 1 is 1.16 bits per heavy atom. The van der Waals surface area contributed by atoms with Gasteiger partial charge >= 0.3 is 0 Å². The normalized spacial score (nSPS) is 17.4. The number of rotatable bonds is 6. The number of aliphatic hydroxyl groups excluding tert-OH is 1. The molecule has 1 aromatic carbocycles. The molecule has 1 aliphatic rings. The third-order valence-corrected chi connectivity index (χ3v) is 3.52. The van der Waals surface area contributed by atoms with Crippen molar-refractivity contribution >= 4 is 0 Å². The van der Waals surface area contributed by atoms with E-state index < -0.39 is 5.60 Å². The smallest absolute Gasteiger partial charge is 0.161 e. The van der Waals surface area contributed by atoms with E-state index in [0.29, 0.717) is 24.7 Å². The highest BCUT2D eigenvalue weighted by atomic mass is 16.5. The Labute approximate surface area is 114 Å². The minimum Gasteiger partial charge on any atom is -0.490 e. The average Bonchev–Trinajstić information content (AvgIpc) is 2.85. The third kappa shape index (κ3) is 3.61. The summed E-state index contributed by atoms with van der Waals surface area (Å²) in [5.74, 6) is 1.25. The van der Waals surface area contributed by atoms with Crippen molar-refractivity contribution in [3.05, 3.63) is 23.8 Å². The first-order valence-electron chi connectivity index (χ1n) is 6.88. The molecule has 1 aliphatic carbocycles. The molecule has 0 saturated heterocycles. The van der Waals surface area contributed by atoms with Gasteiger partial charge in [-0.2, -0.15) is 0 Å². The van der Waals surface area contributed by atoms with Crippen molar-refractivity contribution in [2.45, 2.75) is 44.8 Å². The van der Waals surface area contributed by atoms with E-state index in [1.165, 1.54) is 0 Å². The summed E-state index contributed by atoms with van der Waals surface area (Å²) in [6, 6.07) is 5.36. The molecule has 1 fully saturated rings. The van der Waals surface area contributed by atoms with E-state index in [4.69, 9.17) is 14.6 Å². The second-order valence-corrected chi connectivity index (χ2v) is 5.09. The van der Waals surface area contributed by atoms with Gasteiger partial charge in [0.15, 0.2) is 11.5 Å². The predicted molar refractivity (Wildman–Crippen MR) is 72.4 cm³/mol. The lowest BCUT2D eigenvalue weighted by Crippen LogP contribution is -2.32. The Kier molecular flexibility index (Phi) is 4.66. The molecule has 106 valence electrons. The van der Waals surface area contributed by atoms with Crippen LogP contribution in [0.5, 0.6) is 11.5 Å². The van der Waals surface area contributed by atoms with Crippen molar-refractivity contribution < 1.29 is 19.7 Å². The van der Waals surface area contributed by atoms with Gasteiger partial charge in [-0.3, -0.25) is 0 Å². The Hall–Kier alpha value is -1.26. The molecule has 1 saturated carbocycles. The van der Waals surface area contributed by atoms with Gasteiger partial charge in [0.2, 0.25) is 0 Å². The molecule has 0 spiro atoms.